The van der Waals surface area contributed by atoms with Gasteiger partial charge in [-0.2, -0.15) is 13.2 Å². The number of ketones is 1. The molecular formula is C17H12F4O4. The maximum absolute atomic E-state index is 14.1. The highest BCUT2D eigenvalue weighted by Crippen LogP contribution is 2.30. The van der Waals surface area contributed by atoms with Gasteiger partial charge < -0.3 is 9.84 Å². The molecule has 0 saturated carbocycles. The smallest absolute Gasteiger partial charge is 0.416 e. The van der Waals surface area contributed by atoms with E-state index in [9.17, 15) is 32.3 Å². The summed E-state index contributed by atoms with van der Waals surface area (Å²) in [5.74, 6) is -3.90. The van der Waals surface area contributed by atoms with Crippen molar-refractivity contribution in [2.24, 2.45) is 0 Å². The molecule has 0 unspecified atom stereocenters. The summed E-state index contributed by atoms with van der Waals surface area (Å²) in [5, 5.41) is 9.86. The molecule has 0 bridgehead atoms. The zero-order valence-electron chi connectivity index (χ0n) is 12.9. The third-order valence-electron chi connectivity index (χ3n) is 3.28. The Labute approximate surface area is 139 Å². The molecule has 0 amide bonds. The molecule has 0 fully saturated rings. The zero-order chi connectivity index (χ0) is 18.8. The predicted octanol–water partition coefficient (Wildman–Crippen LogP) is 3.96. The van der Waals surface area contributed by atoms with Crippen molar-refractivity contribution in [3.8, 4) is 5.75 Å². The van der Waals surface area contributed by atoms with Crippen molar-refractivity contribution in [3.05, 3.63) is 64.5 Å². The maximum atomic E-state index is 14.1. The molecule has 0 saturated heterocycles. The van der Waals surface area contributed by atoms with Gasteiger partial charge in [0.05, 0.1) is 17.7 Å². The maximum Gasteiger partial charge on any atom is 0.416 e. The largest absolute Gasteiger partial charge is 0.507 e. The number of benzene rings is 2. The summed E-state index contributed by atoms with van der Waals surface area (Å²) in [6.45, 7) is 1.57. The van der Waals surface area contributed by atoms with Gasteiger partial charge in [-0.15, -0.1) is 0 Å². The van der Waals surface area contributed by atoms with Crippen LogP contribution in [0.3, 0.4) is 0 Å². The Kier molecular flexibility index (Phi) is 5.10. The number of carbonyl (C=O) groups is 2. The molecule has 0 aliphatic heterocycles. The second kappa shape index (κ2) is 6.92. The number of aromatic hydroxyl groups is 1. The van der Waals surface area contributed by atoms with E-state index in [1.54, 1.807) is 0 Å². The van der Waals surface area contributed by atoms with Crippen molar-refractivity contribution >= 4 is 11.8 Å². The lowest BCUT2D eigenvalue weighted by molar-refractivity contribution is -0.137. The Morgan fingerprint density at radius 1 is 1.08 bits per heavy atom. The molecule has 8 heteroatoms. The number of carbonyl (C=O) groups excluding carboxylic acids is 2. The van der Waals surface area contributed by atoms with Gasteiger partial charge in [0, 0.05) is 5.56 Å². The van der Waals surface area contributed by atoms with Crippen LogP contribution < -0.4 is 0 Å². The van der Waals surface area contributed by atoms with E-state index in [2.05, 4.69) is 4.74 Å². The number of phenols is 1. The van der Waals surface area contributed by atoms with Crippen LogP contribution in [0.15, 0.2) is 36.4 Å². The van der Waals surface area contributed by atoms with E-state index in [-0.39, 0.29) is 17.7 Å². The van der Waals surface area contributed by atoms with Gasteiger partial charge in [0.25, 0.3) is 0 Å². The van der Waals surface area contributed by atoms with Crippen LogP contribution in [0.4, 0.5) is 17.6 Å². The number of rotatable bonds is 4. The Morgan fingerprint density at radius 3 is 2.16 bits per heavy atom. The topological polar surface area (TPSA) is 63.6 Å². The van der Waals surface area contributed by atoms with E-state index >= 15 is 0 Å². The Morgan fingerprint density at radius 2 is 1.68 bits per heavy atom. The minimum absolute atomic E-state index is 0.0352. The molecule has 0 aliphatic rings. The summed E-state index contributed by atoms with van der Waals surface area (Å²) in [7, 11) is 0. The van der Waals surface area contributed by atoms with Crippen LogP contribution in [0, 0.1) is 5.82 Å². The summed E-state index contributed by atoms with van der Waals surface area (Å²) >= 11 is 0. The number of phenolic OH excluding ortho intramolecular Hbond substituents is 1. The van der Waals surface area contributed by atoms with Gasteiger partial charge in [0.15, 0.2) is 5.78 Å². The molecule has 0 aromatic heterocycles. The SMILES string of the molecule is CCOC(=O)c1cc(O)c(C(=O)c2ccc(C(F)(F)F)cc2)c(F)c1. The predicted molar refractivity (Wildman–Crippen MR) is 78.9 cm³/mol. The van der Waals surface area contributed by atoms with E-state index in [1.807, 2.05) is 0 Å². The first-order valence-electron chi connectivity index (χ1n) is 7.06. The summed E-state index contributed by atoms with van der Waals surface area (Å²) in [5.41, 5.74) is -2.24. The van der Waals surface area contributed by atoms with Crippen molar-refractivity contribution in [2.45, 2.75) is 13.1 Å². The highest BCUT2D eigenvalue weighted by molar-refractivity contribution is 6.11. The van der Waals surface area contributed by atoms with Gasteiger partial charge >= 0.3 is 12.1 Å². The number of hydrogen-bond acceptors (Lipinski definition) is 4. The fourth-order valence-electron chi connectivity index (χ4n) is 2.10. The van der Waals surface area contributed by atoms with Gasteiger partial charge in [-0.3, -0.25) is 4.79 Å². The van der Waals surface area contributed by atoms with Crippen LogP contribution >= 0.6 is 0 Å². The second-order valence-corrected chi connectivity index (χ2v) is 4.98. The lowest BCUT2D eigenvalue weighted by Crippen LogP contribution is -2.10. The van der Waals surface area contributed by atoms with Gasteiger partial charge in [-0.25, -0.2) is 9.18 Å². The average molecular weight is 356 g/mol. The Balaban J connectivity index is 2.38. The van der Waals surface area contributed by atoms with Gasteiger partial charge in [-0.1, -0.05) is 12.1 Å². The van der Waals surface area contributed by atoms with Crippen molar-refractivity contribution in [3.63, 3.8) is 0 Å². The first kappa shape index (κ1) is 18.4. The molecule has 25 heavy (non-hydrogen) atoms. The van der Waals surface area contributed by atoms with E-state index in [0.29, 0.717) is 12.1 Å². The molecule has 4 nitrogen and oxygen atoms in total. The quantitative estimate of drug-likeness (QED) is 0.512. The molecule has 1 N–H and O–H groups in total. The lowest BCUT2D eigenvalue weighted by atomic mass is 9.99. The third-order valence-corrected chi connectivity index (χ3v) is 3.28. The molecule has 132 valence electrons. The van der Waals surface area contributed by atoms with E-state index in [1.165, 1.54) is 6.92 Å². The summed E-state index contributed by atoms with van der Waals surface area (Å²) < 4.78 is 56.4. The third kappa shape index (κ3) is 3.96. The van der Waals surface area contributed by atoms with E-state index in [4.69, 9.17) is 0 Å². The molecular weight excluding hydrogens is 344 g/mol. The molecule has 0 atom stereocenters. The van der Waals surface area contributed by atoms with Crippen LogP contribution in [0.25, 0.3) is 0 Å². The van der Waals surface area contributed by atoms with Gasteiger partial charge in [0.1, 0.15) is 17.1 Å². The number of hydrogen-bond donors (Lipinski definition) is 1. The molecule has 0 heterocycles. The van der Waals surface area contributed by atoms with Gasteiger partial charge in [0.2, 0.25) is 0 Å². The second-order valence-electron chi connectivity index (χ2n) is 4.98. The van der Waals surface area contributed by atoms with Crippen LogP contribution in [-0.4, -0.2) is 23.5 Å². The number of ether oxygens (including phenoxy) is 1. The summed E-state index contributed by atoms with van der Waals surface area (Å²) in [6.07, 6.45) is -4.57. The number of esters is 1. The molecule has 0 aliphatic carbocycles. The lowest BCUT2D eigenvalue weighted by Gasteiger charge is -2.10. The highest BCUT2D eigenvalue weighted by Gasteiger charge is 2.30. The van der Waals surface area contributed by atoms with E-state index in [0.717, 1.165) is 24.3 Å². The van der Waals surface area contributed by atoms with Crippen molar-refractivity contribution < 1.29 is 37.0 Å². The van der Waals surface area contributed by atoms with E-state index < -0.39 is 40.6 Å². The van der Waals surface area contributed by atoms with Crippen LogP contribution in [-0.2, 0) is 10.9 Å². The molecule has 0 spiro atoms. The molecule has 2 aromatic rings. The monoisotopic (exact) mass is 356 g/mol. The van der Waals surface area contributed by atoms with Gasteiger partial charge in [-0.05, 0) is 31.2 Å². The van der Waals surface area contributed by atoms with Crippen molar-refractivity contribution in [1.82, 2.24) is 0 Å². The van der Waals surface area contributed by atoms with Crippen molar-refractivity contribution in [1.29, 1.82) is 0 Å². The molecule has 0 radical (unpaired) electrons. The normalized spacial score (nSPS) is 11.2. The Bertz CT molecular complexity index is 787. The first-order valence-corrected chi connectivity index (χ1v) is 7.06. The average Bonchev–Trinajstić information content (AvgIpc) is 2.53. The standard InChI is InChI=1S/C17H12F4O4/c1-2-25-16(24)10-7-12(18)14(13(22)8-10)15(23)9-3-5-11(6-4-9)17(19,20)21/h3-8,22H,2H2,1H3. The van der Waals surface area contributed by atoms with Crippen molar-refractivity contribution in [2.75, 3.05) is 6.61 Å². The summed E-state index contributed by atoms with van der Waals surface area (Å²) in [6, 6.07) is 4.68. The zero-order valence-corrected chi connectivity index (χ0v) is 12.9. The fraction of sp³-hybridized carbons (Fsp3) is 0.176. The first-order chi connectivity index (χ1) is 11.6. The Hall–Kier alpha value is -2.90. The molecule has 2 rings (SSSR count). The van der Waals surface area contributed by atoms with Crippen LogP contribution in [0.5, 0.6) is 5.75 Å². The minimum atomic E-state index is -4.57. The summed E-state index contributed by atoms with van der Waals surface area (Å²) in [4.78, 5) is 23.8. The van der Waals surface area contributed by atoms with Crippen LogP contribution in [0.1, 0.15) is 38.8 Å². The number of alkyl halides is 3. The molecule has 2 aromatic carbocycles. The number of halogens is 4. The minimum Gasteiger partial charge on any atom is -0.507 e. The highest BCUT2D eigenvalue weighted by atomic mass is 19.4. The van der Waals surface area contributed by atoms with Crippen LogP contribution in [0.2, 0.25) is 0 Å². The fourth-order valence-corrected chi connectivity index (χ4v) is 2.10.